The lowest BCUT2D eigenvalue weighted by molar-refractivity contribution is 0.715. The Bertz CT molecular complexity index is 444. The van der Waals surface area contributed by atoms with Crippen LogP contribution in [0.5, 0.6) is 0 Å². The zero-order valence-electron chi connectivity index (χ0n) is 9.43. The number of hydrogen-bond donors (Lipinski definition) is 1. The molecule has 0 aliphatic heterocycles. The molecular weight excluding hydrogens is 200 g/mol. The molecule has 0 radical (unpaired) electrons. The van der Waals surface area contributed by atoms with Crippen molar-refractivity contribution in [1.82, 2.24) is 14.5 Å². The molecule has 4 heteroatoms. The first-order valence-electron chi connectivity index (χ1n) is 5.47. The summed E-state index contributed by atoms with van der Waals surface area (Å²) in [6, 6.07) is 4.03. The lowest BCUT2D eigenvalue weighted by Crippen LogP contribution is -2.05. The van der Waals surface area contributed by atoms with Crippen molar-refractivity contribution in [2.45, 2.75) is 26.4 Å². The van der Waals surface area contributed by atoms with Gasteiger partial charge in [0.2, 0.25) is 0 Å². The van der Waals surface area contributed by atoms with Crippen LogP contribution in [0.15, 0.2) is 30.7 Å². The lowest BCUT2D eigenvalue weighted by atomic mass is 10.2. The first-order valence-corrected chi connectivity index (χ1v) is 5.47. The highest BCUT2D eigenvalue weighted by Crippen LogP contribution is 2.05. The fourth-order valence-electron chi connectivity index (χ4n) is 1.64. The van der Waals surface area contributed by atoms with Crippen LogP contribution in [-0.2, 0) is 19.5 Å². The maximum Gasteiger partial charge on any atom is 0.108 e. The smallest absolute Gasteiger partial charge is 0.108 e. The third-order valence-electron chi connectivity index (χ3n) is 2.57. The van der Waals surface area contributed by atoms with E-state index in [-0.39, 0.29) is 0 Å². The van der Waals surface area contributed by atoms with Gasteiger partial charge in [0, 0.05) is 31.6 Å². The number of aromatic nitrogens is 3. The molecule has 0 atom stereocenters. The molecule has 0 amide bonds. The zero-order valence-corrected chi connectivity index (χ0v) is 9.43. The molecule has 2 rings (SSSR count). The van der Waals surface area contributed by atoms with E-state index in [1.54, 1.807) is 0 Å². The van der Waals surface area contributed by atoms with E-state index in [2.05, 4.69) is 21.5 Å². The molecule has 4 nitrogen and oxygen atoms in total. The van der Waals surface area contributed by atoms with Crippen LogP contribution in [0.3, 0.4) is 0 Å². The van der Waals surface area contributed by atoms with E-state index in [1.165, 1.54) is 0 Å². The Balaban J connectivity index is 2.14. The minimum atomic E-state index is 0.540. The normalized spacial score (nSPS) is 10.6. The van der Waals surface area contributed by atoms with Gasteiger partial charge in [-0.2, -0.15) is 0 Å². The zero-order chi connectivity index (χ0) is 11.4. The Labute approximate surface area is 95.1 Å². The molecule has 16 heavy (non-hydrogen) atoms. The van der Waals surface area contributed by atoms with Gasteiger partial charge < -0.3 is 10.3 Å². The summed E-state index contributed by atoms with van der Waals surface area (Å²) in [7, 11) is 0. The number of hydrogen-bond acceptors (Lipinski definition) is 3. The van der Waals surface area contributed by atoms with Crippen LogP contribution < -0.4 is 5.73 Å². The summed E-state index contributed by atoms with van der Waals surface area (Å²) < 4.78 is 2.12. The first-order chi connectivity index (χ1) is 7.83. The number of nitrogens with two attached hydrogens (primary N) is 1. The van der Waals surface area contributed by atoms with Gasteiger partial charge >= 0.3 is 0 Å². The van der Waals surface area contributed by atoms with Crippen molar-refractivity contribution in [2.75, 3.05) is 0 Å². The highest BCUT2D eigenvalue weighted by molar-refractivity contribution is 5.14. The summed E-state index contributed by atoms with van der Waals surface area (Å²) in [4.78, 5) is 8.65. The van der Waals surface area contributed by atoms with Crippen LogP contribution in [0.2, 0.25) is 0 Å². The highest BCUT2D eigenvalue weighted by atomic mass is 15.1. The van der Waals surface area contributed by atoms with E-state index in [0.717, 1.165) is 30.0 Å². The van der Waals surface area contributed by atoms with Gasteiger partial charge in [0.25, 0.3) is 0 Å². The first kappa shape index (κ1) is 10.8. The van der Waals surface area contributed by atoms with Crippen LogP contribution >= 0.6 is 0 Å². The third kappa shape index (κ3) is 2.28. The summed E-state index contributed by atoms with van der Waals surface area (Å²) in [5, 5.41) is 0. The molecule has 0 spiro atoms. The quantitative estimate of drug-likeness (QED) is 0.839. The molecule has 2 heterocycles. The van der Waals surface area contributed by atoms with Gasteiger partial charge in [0.1, 0.15) is 5.82 Å². The van der Waals surface area contributed by atoms with Gasteiger partial charge in [-0.1, -0.05) is 13.0 Å². The summed E-state index contributed by atoms with van der Waals surface area (Å²) in [6.07, 6.45) is 6.58. The number of imidazole rings is 1. The Morgan fingerprint density at radius 2 is 2.19 bits per heavy atom. The second kappa shape index (κ2) is 4.90. The SMILES string of the molecule is CCc1nccn1Cc1ccc(CN)cn1. The van der Waals surface area contributed by atoms with E-state index in [9.17, 15) is 0 Å². The number of rotatable bonds is 4. The molecule has 0 unspecified atom stereocenters. The third-order valence-corrected chi connectivity index (χ3v) is 2.57. The Morgan fingerprint density at radius 1 is 1.31 bits per heavy atom. The van der Waals surface area contributed by atoms with Crippen LogP contribution in [0, 0.1) is 0 Å². The van der Waals surface area contributed by atoms with Crippen molar-refractivity contribution in [3.63, 3.8) is 0 Å². The van der Waals surface area contributed by atoms with Gasteiger partial charge in [0.15, 0.2) is 0 Å². The molecule has 0 aliphatic rings. The summed E-state index contributed by atoms with van der Waals surface area (Å²) in [6.45, 7) is 3.41. The maximum absolute atomic E-state index is 5.53. The standard InChI is InChI=1S/C12H16N4/c1-2-12-14-5-6-16(12)9-11-4-3-10(7-13)8-15-11/h3-6,8H,2,7,9,13H2,1H3. The van der Waals surface area contributed by atoms with Crippen molar-refractivity contribution in [1.29, 1.82) is 0 Å². The average molecular weight is 216 g/mol. The molecule has 0 aromatic carbocycles. The molecule has 0 aliphatic carbocycles. The van der Waals surface area contributed by atoms with Crippen molar-refractivity contribution < 1.29 is 0 Å². The van der Waals surface area contributed by atoms with E-state index < -0.39 is 0 Å². The molecule has 84 valence electrons. The lowest BCUT2D eigenvalue weighted by Gasteiger charge is -2.06. The number of nitrogens with zero attached hydrogens (tertiary/aromatic N) is 3. The minimum Gasteiger partial charge on any atom is -0.329 e. The predicted octanol–water partition coefficient (Wildman–Crippen LogP) is 1.35. The van der Waals surface area contributed by atoms with E-state index in [4.69, 9.17) is 5.73 Å². The van der Waals surface area contributed by atoms with Gasteiger partial charge in [-0.3, -0.25) is 4.98 Å². The largest absolute Gasteiger partial charge is 0.329 e. The molecular formula is C12H16N4. The van der Waals surface area contributed by atoms with Gasteiger partial charge in [-0.15, -0.1) is 0 Å². The fraction of sp³-hybridized carbons (Fsp3) is 0.333. The van der Waals surface area contributed by atoms with Gasteiger partial charge in [-0.05, 0) is 11.6 Å². The van der Waals surface area contributed by atoms with E-state index in [0.29, 0.717) is 6.54 Å². The van der Waals surface area contributed by atoms with Crippen molar-refractivity contribution in [2.24, 2.45) is 5.73 Å². The molecule has 2 aromatic rings. The minimum absolute atomic E-state index is 0.540. The van der Waals surface area contributed by atoms with Crippen molar-refractivity contribution >= 4 is 0 Å². The molecule has 0 bridgehead atoms. The van der Waals surface area contributed by atoms with Crippen LogP contribution in [-0.4, -0.2) is 14.5 Å². The van der Waals surface area contributed by atoms with Crippen molar-refractivity contribution in [3.05, 3.63) is 47.8 Å². The van der Waals surface area contributed by atoms with Gasteiger partial charge in [-0.25, -0.2) is 4.98 Å². The Morgan fingerprint density at radius 3 is 2.81 bits per heavy atom. The molecule has 0 fully saturated rings. The molecule has 0 saturated carbocycles. The summed E-state index contributed by atoms with van der Waals surface area (Å²) in [5.74, 6) is 1.09. The predicted molar refractivity (Wildman–Crippen MR) is 62.8 cm³/mol. The topological polar surface area (TPSA) is 56.7 Å². The number of pyridine rings is 1. The van der Waals surface area contributed by atoms with Crippen LogP contribution in [0.25, 0.3) is 0 Å². The monoisotopic (exact) mass is 216 g/mol. The van der Waals surface area contributed by atoms with E-state index in [1.807, 2.05) is 30.7 Å². The fourth-order valence-corrected chi connectivity index (χ4v) is 1.64. The van der Waals surface area contributed by atoms with Crippen LogP contribution in [0.4, 0.5) is 0 Å². The molecule has 2 N–H and O–H groups in total. The second-order valence-corrected chi connectivity index (χ2v) is 3.69. The van der Waals surface area contributed by atoms with E-state index >= 15 is 0 Å². The maximum atomic E-state index is 5.53. The summed E-state index contributed by atoms with van der Waals surface area (Å²) >= 11 is 0. The highest BCUT2D eigenvalue weighted by Gasteiger charge is 2.01. The Kier molecular flexibility index (Phi) is 3.31. The van der Waals surface area contributed by atoms with Gasteiger partial charge in [0.05, 0.1) is 12.2 Å². The average Bonchev–Trinajstić information content (AvgIpc) is 2.77. The molecule has 2 aromatic heterocycles. The second-order valence-electron chi connectivity index (χ2n) is 3.69. The van der Waals surface area contributed by atoms with Crippen LogP contribution in [0.1, 0.15) is 24.0 Å². The Hall–Kier alpha value is -1.68. The number of aryl methyl sites for hydroxylation is 1. The summed E-state index contributed by atoms with van der Waals surface area (Å²) in [5.41, 5.74) is 7.62. The van der Waals surface area contributed by atoms with Crippen molar-refractivity contribution in [3.8, 4) is 0 Å². The molecule has 0 saturated heterocycles.